The van der Waals surface area contributed by atoms with Crippen LogP contribution in [-0.4, -0.2) is 33.6 Å². The first-order valence-electron chi connectivity index (χ1n) is 7.03. The number of aliphatic carboxylic acids is 1. The van der Waals surface area contributed by atoms with Crippen molar-refractivity contribution in [2.75, 3.05) is 13.1 Å². The lowest BCUT2D eigenvalue weighted by molar-refractivity contribution is -0.139. The third-order valence-electron chi connectivity index (χ3n) is 4.38. The van der Waals surface area contributed by atoms with Gasteiger partial charge in [-0.2, -0.15) is 0 Å². The topological polar surface area (TPSA) is 45.5 Å². The summed E-state index contributed by atoms with van der Waals surface area (Å²) >= 11 is 0. The molecule has 2 aromatic rings. The monoisotopic (exact) mass is 272 g/mol. The molecular formula is C16H20N2O2. The minimum Gasteiger partial charge on any atom is -0.481 e. The molecule has 0 atom stereocenters. The number of fused-ring (bicyclic) bond motifs is 1. The fraction of sp³-hybridized carbons (Fsp3) is 0.438. The Labute approximate surface area is 118 Å². The molecule has 0 amide bonds. The summed E-state index contributed by atoms with van der Waals surface area (Å²) in [6.45, 7) is 4.87. The van der Waals surface area contributed by atoms with Gasteiger partial charge in [0.2, 0.25) is 0 Å². The van der Waals surface area contributed by atoms with Crippen LogP contribution in [0.3, 0.4) is 0 Å². The zero-order chi connectivity index (χ0) is 14.3. The normalized spacial score (nSPS) is 16.5. The number of hydrogen-bond donors (Lipinski definition) is 1. The SMILES string of the molecule is Cc1c(CN2CC(CC(=O)O)C2)n(C)c2ccccc12. The van der Waals surface area contributed by atoms with Gasteiger partial charge < -0.3 is 9.67 Å². The number of benzene rings is 1. The van der Waals surface area contributed by atoms with Crippen LogP contribution in [0.5, 0.6) is 0 Å². The van der Waals surface area contributed by atoms with E-state index in [1.54, 1.807) is 0 Å². The second-order valence-corrected chi connectivity index (χ2v) is 5.81. The van der Waals surface area contributed by atoms with E-state index in [1.807, 2.05) is 0 Å². The molecule has 1 fully saturated rings. The molecule has 3 rings (SSSR count). The van der Waals surface area contributed by atoms with Gasteiger partial charge in [-0.15, -0.1) is 0 Å². The first-order valence-corrected chi connectivity index (χ1v) is 7.03. The van der Waals surface area contributed by atoms with E-state index in [1.165, 1.54) is 22.2 Å². The van der Waals surface area contributed by atoms with Crippen LogP contribution in [0.4, 0.5) is 0 Å². The molecule has 1 aromatic heterocycles. The molecule has 1 aromatic carbocycles. The minimum atomic E-state index is -0.685. The van der Waals surface area contributed by atoms with E-state index < -0.39 is 5.97 Å². The smallest absolute Gasteiger partial charge is 0.303 e. The maximum absolute atomic E-state index is 10.7. The Kier molecular flexibility index (Phi) is 3.26. The van der Waals surface area contributed by atoms with Crippen molar-refractivity contribution >= 4 is 16.9 Å². The van der Waals surface area contributed by atoms with Crippen LogP contribution in [0.1, 0.15) is 17.7 Å². The number of aromatic nitrogens is 1. The number of carbonyl (C=O) groups is 1. The quantitative estimate of drug-likeness (QED) is 0.929. The van der Waals surface area contributed by atoms with Gasteiger partial charge in [0.15, 0.2) is 0 Å². The Morgan fingerprint density at radius 1 is 1.35 bits per heavy atom. The standard InChI is InChI=1S/C16H20N2O2/c1-11-13-5-3-4-6-14(13)17(2)15(11)10-18-8-12(9-18)7-16(19)20/h3-6,12H,7-10H2,1-2H3,(H,19,20). The lowest BCUT2D eigenvalue weighted by Crippen LogP contribution is -2.47. The minimum absolute atomic E-state index is 0.296. The predicted molar refractivity (Wildman–Crippen MR) is 78.7 cm³/mol. The lowest BCUT2D eigenvalue weighted by atomic mass is 9.96. The van der Waals surface area contributed by atoms with Crippen molar-refractivity contribution in [1.82, 2.24) is 9.47 Å². The zero-order valence-corrected chi connectivity index (χ0v) is 12.0. The number of nitrogens with zero attached hydrogens (tertiary/aromatic N) is 2. The summed E-state index contributed by atoms with van der Waals surface area (Å²) in [5.41, 5.74) is 3.94. The van der Waals surface area contributed by atoms with E-state index in [9.17, 15) is 4.79 Å². The van der Waals surface area contributed by atoms with Crippen LogP contribution < -0.4 is 0 Å². The zero-order valence-electron chi connectivity index (χ0n) is 12.0. The molecule has 4 nitrogen and oxygen atoms in total. The predicted octanol–water partition coefficient (Wildman–Crippen LogP) is 2.39. The Bertz CT molecular complexity index is 615. The highest BCUT2D eigenvalue weighted by atomic mass is 16.4. The van der Waals surface area contributed by atoms with Crippen molar-refractivity contribution in [1.29, 1.82) is 0 Å². The Hall–Kier alpha value is -1.81. The molecule has 1 saturated heterocycles. The molecule has 2 heterocycles. The molecule has 20 heavy (non-hydrogen) atoms. The number of likely N-dealkylation sites (tertiary alicyclic amines) is 1. The van der Waals surface area contributed by atoms with E-state index in [2.05, 4.69) is 47.7 Å². The van der Waals surface area contributed by atoms with Crippen molar-refractivity contribution in [3.05, 3.63) is 35.5 Å². The van der Waals surface area contributed by atoms with E-state index in [0.29, 0.717) is 12.3 Å². The fourth-order valence-electron chi connectivity index (χ4n) is 3.25. The van der Waals surface area contributed by atoms with Gasteiger partial charge in [-0.3, -0.25) is 9.69 Å². The largest absolute Gasteiger partial charge is 0.481 e. The summed E-state index contributed by atoms with van der Waals surface area (Å²) in [5.74, 6) is -0.363. The Morgan fingerprint density at radius 3 is 2.70 bits per heavy atom. The Balaban J connectivity index is 1.75. The second-order valence-electron chi connectivity index (χ2n) is 5.81. The third-order valence-corrected chi connectivity index (χ3v) is 4.38. The van der Waals surface area contributed by atoms with E-state index >= 15 is 0 Å². The average Bonchev–Trinajstić information content (AvgIpc) is 2.61. The molecule has 0 unspecified atom stereocenters. The van der Waals surface area contributed by atoms with Gasteiger partial charge in [-0.1, -0.05) is 18.2 Å². The molecule has 1 aliphatic heterocycles. The number of aryl methyl sites for hydroxylation is 2. The van der Waals surface area contributed by atoms with Crippen LogP contribution in [0.25, 0.3) is 10.9 Å². The fourth-order valence-corrected chi connectivity index (χ4v) is 3.25. The van der Waals surface area contributed by atoms with Crippen LogP contribution in [0, 0.1) is 12.8 Å². The van der Waals surface area contributed by atoms with Gasteiger partial charge in [-0.25, -0.2) is 0 Å². The molecule has 1 aliphatic rings. The number of hydrogen-bond acceptors (Lipinski definition) is 2. The first kappa shape index (κ1) is 13.2. The van der Waals surface area contributed by atoms with Crippen LogP contribution in [0.15, 0.2) is 24.3 Å². The van der Waals surface area contributed by atoms with Gasteiger partial charge in [0, 0.05) is 43.3 Å². The average molecular weight is 272 g/mol. The number of para-hydroxylation sites is 1. The van der Waals surface area contributed by atoms with Gasteiger partial charge in [0.25, 0.3) is 0 Å². The van der Waals surface area contributed by atoms with E-state index in [4.69, 9.17) is 5.11 Å². The highest BCUT2D eigenvalue weighted by Crippen LogP contribution is 2.28. The summed E-state index contributed by atoms with van der Waals surface area (Å²) in [6, 6.07) is 8.45. The highest BCUT2D eigenvalue weighted by Gasteiger charge is 2.29. The van der Waals surface area contributed by atoms with Gasteiger partial charge in [-0.05, 0) is 24.5 Å². The van der Waals surface area contributed by atoms with E-state index in [-0.39, 0.29) is 0 Å². The molecule has 1 N–H and O–H groups in total. The summed E-state index contributed by atoms with van der Waals surface area (Å²) in [4.78, 5) is 13.0. The molecule has 0 bridgehead atoms. The molecule has 0 spiro atoms. The molecule has 4 heteroatoms. The summed E-state index contributed by atoms with van der Waals surface area (Å²) in [6.07, 6.45) is 0.296. The van der Waals surface area contributed by atoms with Crippen molar-refractivity contribution in [2.45, 2.75) is 19.9 Å². The van der Waals surface area contributed by atoms with Gasteiger partial charge in [0.1, 0.15) is 0 Å². The molecule has 106 valence electrons. The maximum atomic E-state index is 10.7. The van der Waals surface area contributed by atoms with Crippen molar-refractivity contribution < 1.29 is 9.90 Å². The summed E-state index contributed by atoms with van der Waals surface area (Å²) in [5, 5.41) is 10.1. The molecule has 0 saturated carbocycles. The second kappa shape index (κ2) is 4.94. The summed E-state index contributed by atoms with van der Waals surface area (Å²) < 4.78 is 2.26. The summed E-state index contributed by atoms with van der Waals surface area (Å²) in [7, 11) is 2.11. The molecule has 0 radical (unpaired) electrons. The van der Waals surface area contributed by atoms with Crippen molar-refractivity contribution in [3.63, 3.8) is 0 Å². The van der Waals surface area contributed by atoms with Crippen molar-refractivity contribution in [2.24, 2.45) is 13.0 Å². The maximum Gasteiger partial charge on any atom is 0.303 e. The van der Waals surface area contributed by atoms with E-state index in [0.717, 1.165) is 19.6 Å². The third kappa shape index (κ3) is 2.20. The van der Waals surface area contributed by atoms with Gasteiger partial charge >= 0.3 is 5.97 Å². The number of rotatable bonds is 4. The van der Waals surface area contributed by atoms with Gasteiger partial charge in [0.05, 0.1) is 6.42 Å². The van der Waals surface area contributed by atoms with Crippen LogP contribution >= 0.6 is 0 Å². The molecular weight excluding hydrogens is 252 g/mol. The van der Waals surface area contributed by atoms with Crippen LogP contribution in [-0.2, 0) is 18.4 Å². The number of carboxylic acids is 1. The van der Waals surface area contributed by atoms with Crippen LogP contribution in [0.2, 0.25) is 0 Å². The van der Waals surface area contributed by atoms with Crippen molar-refractivity contribution in [3.8, 4) is 0 Å². The molecule has 0 aliphatic carbocycles. The first-order chi connectivity index (χ1) is 9.56. The number of carboxylic acid groups (broad SMARTS) is 1. The Morgan fingerprint density at radius 2 is 2.05 bits per heavy atom. The highest BCUT2D eigenvalue weighted by molar-refractivity contribution is 5.85. The lowest BCUT2D eigenvalue weighted by Gasteiger charge is -2.38.